The van der Waals surface area contributed by atoms with Gasteiger partial charge in [0.2, 0.25) is 0 Å². The van der Waals surface area contributed by atoms with Crippen LogP contribution in [0.15, 0.2) is 18.2 Å². The van der Waals surface area contributed by atoms with Crippen LogP contribution < -0.4 is 10.1 Å². The van der Waals surface area contributed by atoms with Crippen LogP contribution in [-0.2, 0) is 4.79 Å². The lowest BCUT2D eigenvalue weighted by Gasteiger charge is -2.26. The number of carbonyl (C=O) groups excluding carboxylic acids is 1. The third-order valence-corrected chi connectivity index (χ3v) is 3.86. The highest BCUT2D eigenvalue weighted by molar-refractivity contribution is 6.34. The molecule has 6 heteroatoms. The van der Waals surface area contributed by atoms with Gasteiger partial charge in [-0.15, -0.1) is 0 Å². The Kier molecular flexibility index (Phi) is 5.52. The molecule has 1 fully saturated rings. The zero-order chi connectivity index (χ0) is 14.5. The van der Waals surface area contributed by atoms with Gasteiger partial charge in [-0.3, -0.25) is 4.79 Å². The molecule has 0 atom stereocenters. The number of ether oxygens (including phenoxy) is 1. The first kappa shape index (κ1) is 15.4. The van der Waals surface area contributed by atoms with Gasteiger partial charge in [-0.05, 0) is 37.8 Å². The zero-order valence-corrected chi connectivity index (χ0v) is 12.5. The molecule has 110 valence electrons. The van der Waals surface area contributed by atoms with Gasteiger partial charge in [0.1, 0.15) is 5.75 Å². The minimum Gasteiger partial charge on any atom is -0.482 e. The van der Waals surface area contributed by atoms with Crippen molar-refractivity contribution in [1.29, 1.82) is 0 Å². The minimum absolute atomic E-state index is 0.0981. The predicted octanol–water partition coefficient (Wildman–Crippen LogP) is 2.79. The number of carbonyl (C=O) groups is 1. The maximum atomic E-state index is 11.8. The van der Waals surface area contributed by atoms with Crippen LogP contribution in [0.1, 0.15) is 25.7 Å². The molecule has 0 bridgehead atoms. The average molecular weight is 318 g/mol. The number of halogens is 2. The van der Waals surface area contributed by atoms with Crippen molar-refractivity contribution in [3.63, 3.8) is 0 Å². The summed E-state index contributed by atoms with van der Waals surface area (Å²) in [5.41, 5.74) is 0. The molecule has 1 saturated carbocycles. The number of benzene rings is 1. The molecule has 4 nitrogen and oxygen atoms in total. The lowest BCUT2D eigenvalue weighted by atomic mass is 9.93. The van der Waals surface area contributed by atoms with Crippen molar-refractivity contribution in [2.75, 3.05) is 6.61 Å². The molecule has 0 aliphatic heterocycles. The highest BCUT2D eigenvalue weighted by Gasteiger charge is 2.20. The smallest absolute Gasteiger partial charge is 0.258 e. The van der Waals surface area contributed by atoms with Crippen molar-refractivity contribution in [2.45, 2.75) is 37.8 Å². The molecule has 1 amide bonds. The van der Waals surface area contributed by atoms with Gasteiger partial charge in [0, 0.05) is 17.1 Å². The molecule has 1 aliphatic rings. The Bertz CT molecular complexity index is 473. The van der Waals surface area contributed by atoms with E-state index in [4.69, 9.17) is 27.9 Å². The number of hydrogen-bond donors (Lipinski definition) is 2. The first-order valence-electron chi connectivity index (χ1n) is 6.60. The second-order valence-electron chi connectivity index (χ2n) is 4.94. The van der Waals surface area contributed by atoms with E-state index in [2.05, 4.69) is 5.32 Å². The van der Waals surface area contributed by atoms with Crippen molar-refractivity contribution in [2.24, 2.45) is 0 Å². The van der Waals surface area contributed by atoms with Gasteiger partial charge in [0.05, 0.1) is 11.1 Å². The minimum atomic E-state index is -0.232. The molecule has 0 aromatic heterocycles. The fourth-order valence-corrected chi connectivity index (χ4v) is 2.55. The summed E-state index contributed by atoms with van der Waals surface area (Å²) in [6.45, 7) is -0.0981. The molecule has 0 saturated heterocycles. The number of hydrogen-bond acceptors (Lipinski definition) is 3. The van der Waals surface area contributed by atoms with Crippen LogP contribution in [0.25, 0.3) is 0 Å². The van der Waals surface area contributed by atoms with Gasteiger partial charge >= 0.3 is 0 Å². The molecule has 2 N–H and O–H groups in total. The van der Waals surface area contributed by atoms with Crippen LogP contribution in [0, 0.1) is 0 Å². The van der Waals surface area contributed by atoms with E-state index < -0.39 is 0 Å². The van der Waals surface area contributed by atoms with E-state index in [0.717, 1.165) is 25.7 Å². The highest BCUT2D eigenvalue weighted by Crippen LogP contribution is 2.27. The molecular formula is C14H17Cl2NO3. The van der Waals surface area contributed by atoms with E-state index in [-0.39, 0.29) is 24.7 Å². The molecule has 0 spiro atoms. The second kappa shape index (κ2) is 7.16. The van der Waals surface area contributed by atoms with E-state index in [0.29, 0.717) is 15.8 Å². The summed E-state index contributed by atoms with van der Waals surface area (Å²) in [7, 11) is 0. The number of nitrogens with one attached hydrogen (secondary N) is 1. The van der Waals surface area contributed by atoms with Crippen LogP contribution in [-0.4, -0.2) is 29.8 Å². The Balaban J connectivity index is 1.79. The van der Waals surface area contributed by atoms with Crippen LogP contribution in [0.3, 0.4) is 0 Å². The molecular weight excluding hydrogens is 301 g/mol. The van der Waals surface area contributed by atoms with Crippen molar-refractivity contribution < 1.29 is 14.6 Å². The van der Waals surface area contributed by atoms with E-state index in [1.807, 2.05) is 0 Å². The monoisotopic (exact) mass is 317 g/mol. The Morgan fingerprint density at radius 1 is 1.30 bits per heavy atom. The summed E-state index contributed by atoms with van der Waals surface area (Å²) >= 11 is 11.8. The second-order valence-corrected chi connectivity index (χ2v) is 5.78. The van der Waals surface area contributed by atoms with Gasteiger partial charge in [-0.2, -0.15) is 0 Å². The summed E-state index contributed by atoms with van der Waals surface area (Å²) in [6.07, 6.45) is 2.82. The SMILES string of the molecule is O=C(COc1cc(Cl)ccc1Cl)NC1CCC(O)CC1. The van der Waals surface area contributed by atoms with E-state index in [9.17, 15) is 9.90 Å². The lowest BCUT2D eigenvalue weighted by molar-refractivity contribution is -0.124. The van der Waals surface area contributed by atoms with Crippen LogP contribution >= 0.6 is 23.2 Å². The third kappa shape index (κ3) is 4.54. The van der Waals surface area contributed by atoms with Crippen molar-refractivity contribution in [3.05, 3.63) is 28.2 Å². The van der Waals surface area contributed by atoms with Crippen molar-refractivity contribution in [1.82, 2.24) is 5.32 Å². The zero-order valence-electron chi connectivity index (χ0n) is 10.9. The summed E-state index contributed by atoms with van der Waals surface area (Å²) in [5, 5.41) is 13.2. The Morgan fingerprint density at radius 3 is 2.70 bits per heavy atom. The Morgan fingerprint density at radius 2 is 2.00 bits per heavy atom. The molecule has 0 unspecified atom stereocenters. The number of aliphatic hydroxyl groups is 1. The lowest BCUT2D eigenvalue weighted by Crippen LogP contribution is -2.40. The fourth-order valence-electron chi connectivity index (χ4n) is 2.22. The molecule has 0 heterocycles. The molecule has 20 heavy (non-hydrogen) atoms. The molecule has 1 aromatic carbocycles. The van der Waals surface area contributed by atoms with Gasteiger partial charge in [0.15, 0.2) is 6.61 Å². The first-order chi connectivity index (χ1) is 9.54. The van der Waals surface area contributed by atoms with Gasteiger partial charge in [0.25, 0.3) is 5.91 Å². The maximum Gasteiger partial charge on any atom is 0.258 e. The maximum absolute atomic E-state index is 11.8. The van der Waals surface area contributed by atoms with Crippen molar-refractivity contribution >= 4 is 29.1 Å². The van der Waals surface area contributed by atoms with E-state index >= 15 is 0 Å². The Hall–Kier alpha value is -0.970. The normalized spacial score (nSPS) is 22.4. The highest BCUT2D eigenvalue weighted by atomic mass is 35.5. The summed E-state index contributed by atoms with van der Waals surface area (Å²) in [4.78, 5) is 11.8. The van der Waals surface area contributed by atoms with Gasteiger partial charge in [-0.1, -0.05) is 23.2 Å². The third-order valence-electron chi connectivity index (χ3n) is 3.31. The van der Waals surface area contributed by atoms with Crippen LogP contribution in [0.2, 0.25) is 10.0 Å². The fraction of sp³-hybridized carbons (Fsp3) is 0.500. The number of rotatable bonds is 4. The van der Waals surface area contributed by atoms with E-state index in [1.54, 1.807) is 18.2 Å². The first-order valence-corrected chi connectivity index (χ1v) is 7.35. The topological polar surface area (TPSA) is 58.6 Å². The number of aliphatic hydroxyl groups excluding tert-OH is 1. The van der Waals surface area contributed by atoms with E-state index in [1.165, 1.54) is 0 Å². The molecule has 2 rings (SSSR count). The molecule has 1 aromatic rings. The number of amides is 1. The standard InChI is InChI=1S/C14H17Cl2NO3/c15-9-1-6-12(16)13(7-9)20-8-14(19)17-10-2-4-11(18)5-3-10/h1,6-7,10-11,18H,2-5,8H2,(H,17,19). The van der Waals surface area contributed by atoms with Gasteiger partial charge in [-0.25, -0.2) is 0 Å². The van der Waals surface area contributed by atoms with Crippen molar-refractivity contribution in [3.8, 4) is 5.75 Å². The van der Waals surface area contributed by atoms with Crippen LogP contribution in [0.4, 0.5) is 0 Å². The van der Waals surface area contributed by atoms with Gasteiger partial charge < -0.3 is 15.2 Å². The largest absolute Gasteiger partial charge is 0.482 e. The Labute approximate surface area is 128 Å². The summed E-state index contributed by atoms with van der Waals surface area (Å²) in [5.74, 6) is 0.204. The quantitative estimate of drug-likeness (QED) is 0.897. The summed E-state index contributed by atoms with van der Waals surface area (Å²) in [6, 6.07) is 4.97. The predicted molar refractivity (Wildman–Crippen MR) is 78.4 cm³/mol. The average Bonchev–Trinajstić information content (AvgIpc) is 2.42. The summed E-state index contributed by atoms with van der Waals surface area (Å²) < 4.78 is 5.36. The molecule has 0 radical (unpaired) electrons. The van der Waals surface area contributed by atoms with Crippen LogP contribution in [0.5, 0.6) is 5.75 Å². The molecule has 1 aliphatic carbocycles.